The number of carbonyl (C=O) groups excluding carboxylic acids is 2. The summed E-state index contributed by atoms with van der Waals surface area (Å²) in [6.07, 6.45) is 1.78. The molecule has 0 radical (unpaired) electrons. The number of rotatable bonds is 3. The molecular formula is C19H15NO3S2. The zero-order chi connectivity index (χ0) is 18.0. The van der Waals surface area contributed by atoms with Crippen molar-refractivity contribution < 1.29 is 14.3 Å². The molecule has 1 aliphatic heterocycles. The highest BCUT2D eigenvalue weighted by Crippen LogP contribution is 2.37. The lowest BCUT2D eigenvalue weighted by atomic mass is 10.1. The lowest BCUT2D eigenvalue weighted by molar-refractivity contribution is -0.113. The Morgan fingerprint density at radius 2 is 1.84 bits per heavy atom. The standard InChI is InChI=1S/C19H15NO3S2/c1-12-5-3-4-6-15(12)20-17(21)16(25-19(20)24)11-13-7-9-14(10-8-13)18(22)23-2/h3-11H,1-2H3/b16-11+. The molecule has 0 aromatic heterocycles. The molecule has 0 unspecified atom stereocenters. The summed E-state index contributed by atoms with van der Waals surface area (Å²) < 4.78 is 5.19. The van der Waals surface area contributed by atoms with Crippen molar-refractivity contribution in [1.29, 1.82) is 0 Å². The van der Waals surface area contributed by atoms with E-state index in [2.05, 4.69) is 4.74 Å². The lowest BCUT2D eigenvalue weighted by Gasteiger charge is -2.16. The SMILES string of the molecule is COC(=O)c1ccc(/C=C2/SC(=S)N(c3ccccc3C)C2=O)cc1. The van der Waals surface area contributed by atoms with Gasteiger partial charge in [-0.25, -0.2) is 4.79 Å². The lowest BCUT2D eigenvalue weighted by Crippen LogP contribution is -2.28. The molecule has 1 fully saturated rings. The van der Waals surface area contributed by atoms with Gasteiger partial charge in [-0.05, 0) is 42.3 Å². The number of thiocarbonyl (C=S) groups is 1. The van der Waals surface area contributed by atoms with Crippen LogP contribution in [0.3, 0.4) is 0 Å². The van der Waals surface area contributed by atoms with Gasteiger partial charge in [-0.15, -0.1) is 0 Å². The highest BCUT2D eigenvalue weighted by Gasteiger charge is 2.33. The Morgan fingerprint density at radius 1 is 1.16 bits per heavy atom. The first-order chi connectivity index (χ1) is 12.0. The van der Waals surface area contributed by atoms with E-state index < -0.39 is 5.97 Å². The normalized spacial score (nSPS) is 15.8. The fourth-order valence-electron chi connectivity index (χ4n) is 2.47. The number of amides is 1. The average Bonchev–Trinajstić information content (AvgIpc) is 2.89. The van der Waals surface area contributed by atoms with Crippen molar-refractivity contribution in [1.82, 2.24) is 0 Å². The summed E-state index contributed by atoms with van der Waals surface area (Å²) in [5, 5.41) is 0. The van der Waals surface area contributed by atoms with Gasteiger partial charge in [0.25, 0.3) is 5.91 Å². The smallest absolute Gasteiger partial charge is 0.337 e. The van der Waals surface area contributed by atoms with Crippen molar-refractivity contribution in [3.8, 4) is 0 Å². The van der Waals surface area contributed by atoms with Crippen LogP contribution in [0.1, 0.15) is 21.5 Å². The van der Waals surface area contributed by atoms with Crippen LogP contribution in [0.25, 0.3) is 6.08 Å². The molecule has 1 saturated heterocycles. The summed E-state index contributed by atoms with van der Waals surface area (Å²) in [5.74, 6) is -0.529. The Morgan fingerprint density at radius 3 is 2.48 bits per heavy atom. The minimum atomic E-state index is -0.391. The van der Waals surface area contributed by atoms with E-state index in [1.165, 1.54) is 18.9 Å². The van der Waals surface area contributed by atoms with Crippen LogP contribution in [-0.2, 0) is 9.53 Å². The molecule has 25 heavy (non-hydrogen) atoms. The Hall–Kier alpha value is -2.44. The fraction of sp³-hybridized carbons (Fsp3) is 0.105. The number of methoxy groups -OCH3 is 1. The van der Waals surface area contributed by atoms with E-state index in [1.54, 1.807) is 35.2 Å². The van der Waals surface area contributed by atoms with Gasteiger partial charge in [0.05, 0.1) is 23.3 Å². The van der Waals surface area contributed by atoms with Gasteiger partial charge >= 0.3 is 5.97 Å². The third kappa shape index (κ3) is 3.50. The first-order valence-corrected chi connectivity index (χ1v) is 8.75. The average molecular weight is 369 g/mol. The Balaban J connectivity index is 1.88. The molecule has 2 aromatic rings. The van der Waals surface area contributed by atoms with Crippen LogP contribution in [0.4, 0.5) is 5.69 Å². The fourth-order valence-corrected chi connectivity index (χ4v) is 3.76. The molecule has 3 rings (SSSR count). The van der Waals surface area contributed by atoms with Crippen LogP contribution in [-0.4, -0.2) is 23.3 Å². The van der Waals surface area contributed by atoms with Gasteiger partial charge in [-0.3, -0.25) is 9.69 Å². The number of aryl methyl sites for hydroxylation is 1. The summed E-state index contributed by atoms with van der Waals surface area (Å²) in [6, 6.07) is 14.5. The number of carbonyl (C=O) groups is 2. The number of hydrogen-bond acceptors (Lipinski definition) is 5. The predicted molar refractivity (Wildman–Crippen MR) is 105 cm³/mol. The van der Waals surface area contributed by atoms with Gasteiger partial charge in [-0.1, -0.05) is 54.3 Å². The molecule has 1 aliphatic rings. The molecule has 0 saturated carbocycles. The van der Waals surface area contributed by atoms with Crippen LogP contribution >= 0.6 is 24.0 Å². The van der Waals surface area contributed by atoms with E-state index >= 15 is 0 Å². The van der Waals surface area contributed by atoms with Crippen molar-refractivity contribution in [2.45, 2.75) is 6.92 Å². The maximum Gasteiger partial charge on any atom is 0.337 e. The molecule has 0 aliphatic carbocycles. The number of thioether (sulfide) groups is 1. The van der Waals surface area contributed by atoms with E-state index in [0.717, 1.165) is 16.8 Å². The molecule has 0 bridgehead atoms. The van der Waals surface area contributed by atoms with E-state index in [9.17, 15) is 9.59 Å². The minimum Gasteiger partial charge on any atom is -0.465 e. The van der Waals surface area contributed by atoms with Gasteiger partial charge in [0.15, 0.2) is 4.32 Å². The highest BCUT2D eigenvalue weighted by molar-refractivity contribution is 8.27. The summed E-state index contributed by atoms with van der Waals surface area (Å²) in [5.41, 5.74) is 3.07. The molecule has 0 atom stereocenters. The molecule has 1 amide bonds. The maximum atomic E-state index is 12.8. The minimum absolute atomic E-state index is 0.138. The highest BCUT2D eigenvalue weighted by atomic mass is 32.2. The topological polar surface area (TPSA) is 46.6 Å². The summed E-state index contributed by atoms with van der Waals surface area (Å²) >= 11 is 6.66. The molecule has 126 valence electrons. The number of para-hydroxylation sites is 1. The first-order valence-electron chi connectivity index (χ1n) is 7.53. The van der Waals surface area contributed by atoms with Gasteiger partial charge in [0.1, 0.15) is 0 Å². The number of benzene rings is 2. The van der Waals surface area contributed by atoms with Gasteiger partial charge in [0.2, 0.25) is 0 Å². The van der Waals surface area contributed by atoms with Crippen molar-refractivity contribution >= 4 is 51.9 Å². The molecule has 4 nitrogen and oxygen atoms in total. The zero-order valence-electron chi connectivity index (χ0n) is 13.7. The third-order valence-electron chi connectivity index (χ3n) is 3.78. The molecule has 0 spiro atoms. The van der Waals surface area contributed by atoms with Gasteiger partial charge in [-0.2, -0.15) is 0 Å². The monoisotopic (exact) mass is 369 g/mol. The molecule has 2 aromatic carbocycles. The van der Waals surface area contributed by atoms with E-state index in [1.807, 2.05) is 31.2 Å². The number of hydrogen-bond donors (Lipinski definition) is 0. The Labute approximate surface area is 155 Å². The van der Waals surface area contributed by atoms with Gasteiger partial charge in [0, 0.05) is 0 Å². The quantitative estimate of drug-likeness (QED) is 0.461. The largest absolute Gasteiger partial charge is 0.465 e. The van der Waals surface area contributed by atoms with Crippen molar-refractivity contribution in [2.75, 3.05) is 12.0 Å². The second-order valence-corrected chi connectivity index (χ2v) is 7.09. The second kappa shape index (κ2) is 7.21. The van der Waals surface area contributed by atoms with Gasteiger partial charge < -0.3 is 4.74 Å². The molecular weight excluding hydrogens is 354 g/mol. The van der Waals surface area contributed by atoms with Crippen LogP contribution in [0, 0.1) is 6.92 Å². The Kier molecular flexibility index (Phi) is 5.01. The number of anilines is 1. The number of nitrogens with zero attached hydrogens (tertiary/aromatic N) is 1. The molecule has 6 heteroatoms. The number of ether oxygens (including phenoxy) is 1. The van der Waals surface area contributed by atoms with Crippen LogP contribution in [0.15, 0.2) is 53.4 Å². The van der Waals surface area contributed by atoms with E-state index in [0.29, 0.717) is 14.8 Å². The maximum absolute atomic E-state index is 12.8. The van der Waals surface area contributed by atoms with E-state index in [-0.39, 0.29) is 5.91 Å². The Bertz CT molecular complexity index is 888. The third-order valence-corrected chi connectivity index (χ3v) is 5.08. The summed E-state index contributed by atoms with van der Waals surface area (Å²) in [4.78, 5) is 26.4. The summed E-state index contributed by atoms with van der Waals surface area (Å²) in [6.45, 7) is 1.95. The van der Waals surface area contributed by atoms with Crippen LogP contribution in [0.5, 0.6) is 0 Å². The zero-order valence-corrected chi connectivity index (χ0v) is 15.3. The second-order valence-electron chi connectivity index (χ2n) is 5.42. The van der Waals surface area contributed by atoms with Crippen LogP contribution < -0.4 is 4.90 Å². The van der Waals surface area contributed by atoms with Crippen molar-refractivity contribution in [3.05, 3.63) is 70.1 Å². The first kappa shape index (κ1) is 17.4. The van der Waals surface area contributed by atoms with E-state index in [4.69, 9.17) is 12.2 Å². The molecule has 1 heterocycles. The number of esters is 1. The van der Waals surface area contributed by atoms with Crippen LogP contribution in [0.2, 0.25) is 0 Å². The predicted octanol–water partition coefficient (Wildman–Crippen LogP) is 4.19. The summed E-state index contributed by atoms with van der Waals surface area (Å²) in [7, 11) is 1.34. The van der Waals surface area contributed by atoms with Crippen molar-refractivity contribution in [2.24, 2.45) is 0 Å². The molecule has 0 N–H and O–H groups in total. The van der Waals surface area contributed by atoms with Crippen molar-refractivity contribution in [3.63, 3.8) is 0 Å².